The highest BCUT2D eigenvalue weighted by molar-refractivity contribution is 5.82. The van der Waals surface area contributed by atoms with Crippen LogP contribution in [0.25, 0.3) is 0 Å². The fourth-order valence-electron chi connectivity index (χ4n) is 0.306. The maximum atomic E-state index is 8.71. The minimum absolute atomic E-state index is 0.350. The summed E-state index contributed by atoms with van der Waals surface area (Å²) in [7, 11) is 0. The smallest absolute Gasteiger partial charge is 0.0908 e. The van der Waals surface area contributed by atoms with Crippen molar-refractivity contribution in [2.75, 3.05) is 0 Å². The first kappa shape index (κ1) is 6.63. The van der Waals surface area contributed by atoms with Gasteiger partial charge in [0.05, 0.1) is 6.10 Å². The fourth-order valence-corrected chi connectivity index (χ4v) is 0.306. The van der Waals surface area contributed by atoms with Gasteiger partial charge in [-0.25, -0.2) is 0 Å². The van der Waals surface area contributed by atoms with E-state index in [1.54, 1.807) is 6.92 Å². The molecule has 2 nitrogen and oxygen atoms in total. The molecule has 1 unspecified atom stereocenters. The monoisotopic (exact) mass is 101 g/mol. The summed E-state index contributed by atoms with van der Waals surface area (Å²) in [6.45, 7) is 3.46. The van der Waals surface area contributed by atoms with Crippen molar-refractivity contribution < 1.29 is 5.11 Å². The quantitative estimate of drug-likeness (QED) is 0.496. The highest BCUT2D eigenvalue weighted by Gasteiger charge is 1.99. The summed E-state index contributed by atoms with van der Waals surface area (Å²) in [6.07, 6.45) is 0.134. The van der Waals surface area contributed by atoms with Crippen molar-refractivity contribution in [3.8, 4) is 0 Å². The Balaban J connectivity index is 3.34. The van der Waals surface area contributed by atoms with Gasteiger partial charge in [0.15, 0.2) is 0 Å². The molecule has 0 aliphatic heterocycles. The average molecular weight is 101 g/mol. The zero-order valence-electron chi connectivity index (χ0n) is 4.73. The minimum Gasteiger partial charge on any atom is -0.387 e. The summed E-state index contributed by atoms with van der Waals surface area (Å²) in [4.78, 5) is 0. The molecule has 0 aromatic rings. The first-order chi connectivity index (χ1) is 3.18. The Morgan fingerprint density at radius 2 is 2.29 bits per heavy atom. The second-order valence-electron chi connectivity index (χ2n) is 1.61. The molecule has 0 amide bonds. The van der Waals surface area contributed by atoms with Crippen LogP contribution in [0.2, 0.25) is 0 Å². The van der Waals surface area contributed by atoms with Crippen LogP contribution in [0.15, 0.2) is 0 Å². The van der Waals surface area contributed by atoms with Crippen molar-refractivity contribution in [1.82, 2.24) is 0 Å². The van der Waals surface area contributed by atoms with Crippen LogP contribution < -0.4 is 0 Å². The van der Waals surface area contributed by atoms with Gasteiger partial charge in [-0.3, -0.25) is 0 Å². The zero-order chi connectivity index (χ0) is 5.86. The molecule has 0 saturated carbocycles. The lowest BCUT2D eigenvalue weighted by molar-refractivity contribution is 0.236. The molecular formula is C5H11NO. The van der Waals surface area contributed by atoms with E-state index in [-0.39, 0.29) is 0 Å². The molecule has 0 fully saturated rings. The SMILES string of the molecule is CCC(O)C(C)=N. The van der Waals surface area contributed by atoms with Crippen molar-refractivity contribution in [2.24, 2.45) is 0 Å². The Bertz CT molecular complexity index is 70.5. The van der Waals surface area contributed by atoms with Crippen molar-refractivity contribution in [1.29, 1.82) is 5.41 Å². The minimum atomic E-state index is -0.514. The predicted octanol–water partition coefficient (Wildman–Crippen LogP) is 0.797. The number of hydrogen-bond acceptors (Lipinski definition) is 2. The lowest BCUT2D eigenvalue weighted by Crippen LogP contribution is -2.13. The van der Waals surface area contributed by atoms with Gasteiger partial charge >= 0.3 is 0 Å². The fraction of sp³-hybridized carbons (Fsp3) is 0.800. The normalized spacial score (nSPS) is 13.6. The molecule has 0 aliphatic carbocycles. The molecule has 1 atom stereocenters. The highest BCUT2D eigenvalue weighted by atomic mass is 16.3. The third-order valence-corrected chi connectivity index (χ3v) is 0.887. The molecule has 0 spiro atoms. The van der Waals surface area contributed by atoms with Crippen LogP contribution in [0.4, 0.5) is 0 Å². The molecule has 7 heavy (non-hydrogen) atoms. The van der Waals surface area contributed by atoms with Crippen molar-refractivity contribution in [3.63, 3.8) is 0 Å². The molecule has 0 aromatic heterocycles. The molecule has 0 saturated heterocycles. The molecule has 42 valence electrons. The summed E-state index contributed by atoms with van der Waals surface area (Å²) in [6, 6.07) is 0. The first-order valence-electron chi connectivity index (χ1n) is 2.41. The number of hydrogen-bond donors (Lipinski definition) is 2. The average Bonchev–Trinajstić information content (AvgIpc) is 1.65. The lowest BCUT2D eigenvalue weighted by Gasteiger charge is -2.01. The third kappa shape index (κ3) is 2.34. The summed E-state index contributed by atoms with van der Waals surface area (Å²) in [5.41, 5.74) is 0.350. The Labute approximate surface area is 43.7 Å². The van der Waals surface area contributed by atoms with E-state index in [9.17, 15) is 0 Å². The van der Waals surface area contributed by atoms with E-state index in [0.717, 1.165) is 0 Å². The standard InChI is InChI=1S/C5H11NO/c1-3-5(7)4(2)6/h5-7H,3H2,1-2H3. The van der Waals surface area contributed by atoms with Gasteiger partial charge in [0, 0.05) is 5.71 Å². The van der Waals surface area contributed by atoms with Crippen LogP contribution in [-0.2, 0) is 0 Å². The maximum absolute atomic E-state index is 8.71. The first-order valence-corrected chi connectivity index (χ1v) is 2.41. The van der Waals surface area contributed by atoms with Crippen molar-refractivity contribution in [3.05, 3.63) is 0 Å². The van der Waals surface area contributed by atoms with Crippen LogP contribution in [0, 0.1) is 5.41 Å². The van der Waals surface area contributed by atoms with Crippen LogP contribution in [0.3, 0.4) is 0 Å². The van der Waals surface area contributed by atoms with E-state index < -0.39 is 6.10 Å². The molecule has 0 bridgehead atoms. The number of nitrogens with one attached hydrogen (secondary N) is 1. The van der Waals surface area contributed by atoms with Crippen LogP contribution in [0.5, 0.6) is 0 Å². The Morgan fingerprint density at radius 1 is 1.86 bits per heavy atom. The van der Waals surface area contributed by atoms with Crippen molar-refractivity contribution in [2.45, 2.75) is 26.4 Å². The molecule has 0 radical (unpaired) electrons. The Hall–Kier alpha value is -0.370. The van der Waals surface area contributed by atoms with Gasteiger partial charge < -0.3 is 10.5 Å². The highest BCUT2D eigenvalue weighted by Crippen LogP contribution is 1.88. The molecular weight excluding hydrogens is 90.1 g/mol. The van der Waals surface area contributed by atoms with Gasteiger partial charge in [-0.2, -0.15) is 0 Å². The molecule has 0 rings (SSSR count). The van der Waals surface area contributed by atoms with E-state index in [2.05, 4.69) is 0 Å². The molecule has 2 N–H and O–H groups in total. The molecule has 2 heteroatoms. The van der Waals surface area contributed by atoms with Crippen molar-refractivity contribution >= 4 is 5.71 Å². The Morgan fingerprint density at radius 3 is 2.29 bits per heavy atom. The lowest BCUT2D eigenvalue weighted by atomic mass is 10.2. The number of aliphatic hydroxyl groups excluding tert-OH is 1. The van der Waals surface area contributed by atoms with Gasteiger partial charge in [0.25, 0.3) is 0 Å². The van der Waals surface area contributed by atoms with Gasteiger partial charge in [0.2, 0.25) is 0 Å². The number of aliphatic hydroxyl groups is 1. The molecule has 0 aliphatic rings. The molecule has 0 aromatic carbocycles. The second-order valence-corrected chi connectivity index (χ2v) is 1.61. The topological polar surface area (TPSA) is 44.1 Å². The zero-order valence-corrected chi connectivity index (χ0v) is 4.73. The van der Waals surface area contributed by atoms with Crippen LogP contribution in [-0.4, -0.2) is 16.9 Å². The molecule has 0 heterocycles. The second kappa shape index (κ2) is 2.75. The van der Waals surface area contributed by atoms with Gasteiger partial charge in [-0.1, -0.05) is 6.92 Å². The van der Waals surface area contributed by atoms with Gasteiger partial charge in [-0.05, 0) is 13.3 Å². The van der Waals surface area contributed by atoms with E-state index in [1.165, 1.54) is 0 Å². The van der Waals surface area contributed by atoms with Crippen LogP contribution >= 0.6 is 0 Å². The largest absolute Gasteiger partial charge is 0.387 e. The predicted molar refractivity (Wildman–Crippen MR) is 29.7 cm³/mol. The van der Waals surface area contributed by atoms with E-state index >= 15 is 0 Å². The van der Waals surface area contributed by atoms with Crippen LogP contribution in [0.1, 0.15) is 20.3 Å². The van der Waals surface area contributed by atoms with Gasteiger partial charge in [0.1, 0.15) is 0 Å². The summed E-state index contributed by atoms with van der Waals surface area (Å²) < 4.78 is 0. The Kier molecular flexibility index (Phi) is 2.60. The number of rotatable bonds is 2. The summed E-state index contributed by atoms with van der Waals surface area (Å²) in [5.74, 6) is 0. The summed E-state index contributed by atoms with van der Waals surface area (Å²) in [5, 5.41) is 15.6. The summed E-state index contributed by atoms with van der Waals surface area (Å²) >= 11 is 0. The van der Waals surface area contributed by atoms with E-state index in [4.69, 9.17) is 10.5 Å². The van der Waals surface area contributed by atoms with E-state index in [0.29, 0.717) is 12.1 Å². The maximum Gasteiger partial charge on any atom is 0.0908 e. The third-order valence-electron chi connectivity index (χ3n) is 0.887. The van der Waals surface area contributed by atoms with E-state index in [1.807, 2.05) is 6.92 Å². The van der Waals surface area contributed by atoms with Gasteiger partial charge in [-0.15, -0.1) is 0 Å².